The monoisotopic (exact) mass is 780 g/mol. The van der Waals surface area contributed by atoms with Crippen LogP contribution >= 0.6 is 0 Å². The van der Waals surface area contributed by atoms with Crippen LogP contribution in [-0.2, 0) is 0 Å². The van der Waals surface area contributed by atoms with Crippen LogP contribution in [0.2, 0.25) is 0 Å². The highest BCUT2D eigenvalue weighted by Crippen LogP contribution is 2.43. The number of nitrogens with zero attached hydrogens (tertiary/aromatic N) is 4. The van der Waals surface area contributed by atoms with E-state index in [4.69, 9.17) is 4.98 Å². The topological polar surface area (TPSA) is 24.3 Å². The van der Waals surface area contributed by atoms with E-state index >= 15 is 0 Å². The van der Waals surface area contributed by atoms with Crippen molar-refractivity contribution in [1.82, 2.24) is 9.55 Å². The number of benzene rings is 7. The fourth-order valence-electron chi connectivity index (χ4n) is 9.71. The summed E-state index contributed by atoms with van der Waals surface area (Å²) in [7, 11) is -2.97. The molecule has 2 aromatic heterocycles. The Morgan fingerprint density at radius 2 is 1.10 bits per heavy atom. The molecule has 0 aliphatic carbocycles. The molecular weight excluding hydrogens is 733 g/mol. The van der Waals surface area contributed by atoms with Gasteiger partial charge in [-0.3, -0.25) is 4.57 Å². The number of hydrogen-bond donors (Lipinski definition) is 0. The fourth-order valence-corrected chi connectivity index (χ4v) is 14.5. The van der Waals surface area contributed by atoms with Crippen LogP contribution in [0.5, 0.6) is 0 Å². The van der Waals surface area contributed by atoms with E-state index in [1.165, 1.54) is 70.8 Å². The Bertz CT molecular complexity index is 2940. The van der Waals surface area contributed by atoms with Crippen LogP contribution in [0.15, 0.2) is 188 Å². The first-order valence-corrected chi connectivity index (χ1v) is 22.7. The van der Waals surface area contributed by atoms with Crippen LogP contribution in [0.3, 0.4) is 0 Å². The summed E-state index contributed by atoms with van der Waals surface area (Å²) in [6.45, 7) is 12.1. The van der Waals surface area contributed by atoms with Gasteiger partial charge in [0.25, 0.3) is 0 Å². The summed E-state index contributed by atoms with van der Waals surface area (Å²) in [5.41, 5.74) is 11.0. The van der Waals surface area contributed by atoms with Crippen molar-refractivity contribution < 1.29 is 0 Å². The Kier molecular flexibility index (Phi) is 8.88. The van der Waals surface area contributed by atoms with Gasteiger partial charge in [0.1, 0.15) is 5.82 Å². The molecule has 0 N–H and O–H groups in total. The number of rotatable bonds is 7. The molecular formula is C54H48N4Si. The van der Waals surface area contributed by atoms with Crippen molar-refractivity contribution in [2.75, 3.05) is 16.5 Å². The Labute approximate surface area is 348 Å². The Balaban J connectivity index is 1.24. The molecule has 1 aliphatic rings. The molecule has 0 spiro atoms. The third-order valence-corrected chi connectivity index (χ3v) is 17.2. The fraction of sp³-hybridized carbons (Fsp3) is 0.130. The Morgan fingerprint density at radius 1 is 0.508 bits per heavy atom. The number of para-hydroxylation sites is 3. The van der Waals surface area contributed by atoms with Crippen LogP contribution in [0, 0.1) is 13.8 Å². The SMILES string of the molecule is Cc1cccc(C)c1-c1ccnc(-n2c3ccccc3c3ccc([Si](c4ccccc4)(c4ccccc4)c4cccc(N5CN(C(C)(C)C)c6ccccc65)c4)cc32)c1. The molecule has 288 valence electrons. The molecule has 10 rings (SSSR count). The lowest BCUT2D eigenvalue weighted by molar-refractivity contribution is 0.518. The first-order valence-electron chi connectivity index (χ1n) is 20.7. The summed E-state index contributed by atoms with van der Waals surface area (Å²) in [6, 6.07) is 67.8. The summed E-state index contributed by atoms with van der Waals surface area (Å²) in [5, 5.41) is 7.80. The lowest BCUT2D eigenvalue weighted by atomic mass is 9.96. The van der Waals surface area contributed by atoms with Crippen molar-refractivity contribution in [1.29, 1.82) is 0 Å². The van der Waals surface area contributed by atoms with Crippen molar-refractivity contribution in [3.8, 4) is 16.9 Å². The zero-order chi connectivity index (χ0) is 40.3. The lowest BCUT2D eigenvalue weighted by Gasteiger charge is -2.36. The number of aromatic nitrogens is 2. The summed E-state index contributed by atoms with van der Waals surface area (Å²) >= 11 is 0. The van der Waals surface area contributed by atoms with Crippen molar-refractivity contribution >= 4 is 67.7 Å². The van der Waals surface area contributed by atoms with Crippen molar-refractivity contribution in [2.24, 2.45) is 0 Å². The van der Waals surface area contributed by atoms with Crippen LogP contribution in [0.1, 0.15) is 31.9 Å². The summed E-state index contributed by atoms with van der Waals surface area (Å²) in [6.07, 6.45) is 1.97. The average molecular weight is 781 g/mol. The maximum atomic E-state index is 5.10. The minimum absolute atomic E-state index is 0.0317. The van der Waals surface area contributed by atoms with Gasteiger partial charge in [0, 0.05) is 28.2 Å². The Hall–Kier alpha value is -6.69. The maximum absolute atomic E-state index is 5.10. The molecule has 0 fully saturated rings. The van der Waals surface area contributed by atoms with Crippen LogP contribution in [-0.4, -0.2) is 29.8 Å². The second-order valence-corrected chi connectivity index (χ2v) is 20.8. The van der Waals surface area contributed by atoms with Gasteiger partial charge in [-0.25, -0.2) is 4.98 Å². The summed E-state index contributed by atoms with van der Waals surface area (Å²) in [5.74, 6) is 0.915. The zero-order valence-corrected chi connectivity index (χ0v) is 35.4. The molecule has 0 radical (unpaired) electrons. The highest BCUT2D eigenvalue weighted by molar-refractivity contribution is 7.20. The smallest absolute Gasteiger partial charge is 0.179 e. The van der Waals surface area contributed by atoms with Crippen molar-refractivity contribution in [3.05, 3.63) is 199 Å². The number of hydrogen-bond acceptors (Lipinski definition) is 3. The van der Waals surface area contributed by atoms with Gasteiger partial charge in [0.2, 0.25) is 0 Å². The van der Waals surface area contributed by atoms with Gasteiger partial charge >= 0.3 is 0 Å². The molecule has 9 aromatic rings. The second-order valence-electron chi connectivity index (χ2n) is 16.9. The van der Waals surface area contributed by atoms with Crippen LogP contribution in [0.4, 0.5) is 17.1 Å². The maximum Gasteiger partial charge on any atom is 0.179 e. The number of aryl methyl sites for hydroxylation is 2. The van der Waals surface area contributed by atoms with E-state index in [1.807, 2.05) is 6.20 Å². The van der Waals surface area contributed by atoms with E-state index in [2.05, 4.69) is 231 Å². The number of anilines is 3. The van der Waals surface area contributed by atoms with Crippen LogP contribution in [0.25, 0.3) is 38.8 Å². The Morgan fingerprint density at radius 3 is 1.81 bits per heavy atom. The molecule has 0 amide bonds. The third kappa shape index (κ3) is 5.99. The quantitative estimate of drug-likeness (QED) is 0.119. The molecule has 7 aromatic carbocycles. The highest BCUT2D eigenvalue weighted by Gasteiger charge is 2.43. The summed E-state index contributed by atoms with van der Waals surface area (Å²) in [4.78, 5) is 10.1. The van der Waals surface area contributed by atoms with E-state index in [0.717, 1.165) is 23.5 Å². The van der Waals surface area contributed by atoms with Gasteiger partial charge in [0.05, 0.1) is 29.1 Å². The van der Waals surface area contributed by atoms with Crippen molar-refractivity contribution in [2.45, 2.75) is 40.2 Å². The van der Waals surface area contributed by atoms with Gasteiger partial charge in [-0.1, -0.05) is 133 Å². The largest absolute Gasteiger partial charge is 0.347 e. The minimum Gasteiger partial charge on any atom is -0.347 e. The standard InChI is InChI=1S/C54H48N4Si/c1-38-18-16-19-39(2)53(38)40-32-33-55-52(34-40)58-48-27-13-12-26-46(48)47-31-30-45(36-51(47)58)59(42-21-8-6-9-22-42,43-23-10-7-11-24-43)44-25-17-20-41(35-44)56-37-57(54(3,4)5)50-29-15-14-28-49(50)56/h6-36H,37H2,1-5H3. The van der Waals surface area contributed by atoms with Gasteiger partial charge in [-0.15, -0.1) is 0 Å². The van der Waals surface area contributed by atoms with Gasteiger partial charge < -0.3 is 9.80 Å². The normalized spacial score (nSPS) is 13.0. The molecule has 0 bridgehead atoms. The predicted molar refractivity (Wildman–Crippen MR) is 253 cm³/mol. The first kappa shape index (κ1) is 36.6. The van der Waals surface area contributed by atoms with Crippen molar-refractivity contribution in [3.63, 3.8) is 0 Å². The zero-order valence-electron chi connectivity index (χ0n) is 34.4. The van der Waals surface area contributed by atoms with E-state index in [1.54, 1.807) is 0 Å². The molecule has 5 heteroatoms. The van der Waals surface area contributed by atoms with Gasteiger partial charge in [-0.05, 0) is 126 Å². The van der Waals surface area contributed by atoms with E-state index in [9.17, 15) is 0 Å². The highest BCUT2D eigenvalue weighted by atomic mass is 28.3. The van der Waals surface area contributed by atoms with E-state index < -0.39 is 8.07 Å². The first-order chi connectivity index (χ1) is 28.7. The predicted octanol–water partition coefficient (Wildman–Crippen LogP) is 10.6. The molecule has 59 heavy (non-hydrogen) atoms. The molecule has 0 saturated heterocycles. The molecule has 0 atom stereocenters. The molecule has 0 unspecified atom stereocenters. The molecule has 4 nitrogen and oxygen atoms in total. The van der Waals surface area contributed by atoms with Gasteiger partial charge in [0.15, 0.2) is 8.07 Å². The van der Waals surface area contributed by atoms with Crippen LogP contribution < -0.4 is 30.5 Å². The molecule has 0 saturated carbocycles. The number of pyridine rings is 1. The minimum atomic E-state index is -2.97. The summed E-state index contributed by atoms with van der Waals surface area (Å²) < 4.78 is 2.39. The van der Waals surface area contributed by atoms with E-state index in [0.29, 0.717) is 0 Å². The molecule has 3 heterocycles. The third-order valence-electron chi connectivity index (χ3n) is 12.4. The van der Waals surface area contributed by atoms with E-state index in [-0.39, 0.29) is 5.54 Å². The molecule has 1 aliphatic heterocycles. The second kappa shape index (κ2) is 14.3. The average Bonchev–Trinajstić information content (AvgIpc) is 3.82. The lowest BCUT2D eigenvalue weighted by Crippen LogP contribution is -2.74. The number of fused-ring (bicyclic) bond motifs is 4. The van der Waals surface area contributed by atoms with Gasteiger partial charge in [-0.2, -0.15) is 0 Å².